The first-order chi connectivity index (χ1) is 6.16. The van der Waals surface area contributed by atoms with E-state index in [0.717, 1.165) is 6.42 Å². The fourth-order valence-electron chi connectivity index (χ4n) is 0.873. The van der Waals surface area contributed by atoms with Gasteiger partial charge in [0.05, 0.1) is 6.10 Å². The number of carbonyl (C=O) groups is 1. The molecule has 1 atom stereocenters. The normalized spacial score (nSPS) is 12.5. The molecule has 0 bridgehead atoms. The zero-order valence-corrected chi connectivity index (χ0v) is 8.38. The van der Waals surface area contributed by atoms with Crippen molar-refractivity contribution in [2.75, 3.05) is 20.3 Å². The Morgan fingerprint density at radius 3 is 2.85 bits per heavy atom. The molecule has 0 heterocycles. The number of aliphatic hydroxyl groups is 1. The summed E-state index contributed by atoms with van der Waals surface area (Å²) >= 11 is 0. The van der Waals surface area contributed by atoms with Gasteiger partial charge in [0.25, 0.3) is 0 Å². The molecule has 13 heavy (non-hydrogen) atoms. The highest BCUT2D eigenvalue weighted by molar-refractivity contribution is 5.75. The van der Waals surface area contributed by atoms with Gasteiger partial charge in [-0.2, -0.15) is 0 Å². The molecule has 1 unspecified atom stereocenters. The van der Waals surface area contributed by atoms with E-state index < -0.39 is 6.10 Å². The fraction of sp³-hybridized carbons (Fsp3) is 0.889. The molecule has 0 rings (SSSR count). The van der Waals surface area contributed by atoms with Crippen molar-refractivity contribution >= 4 is 5.91 Å². The average molecular weight is 189 g/mol. The van der Waals surface area contributed by atoms with Gasteiger partial charge in [-0.1, -0.05) is 0 Å². The molecule has 78 valence electrons. The Morgan fingerprint density at radius 1 is 1.62 bits per heavy atom. The van der Waals surface area contributed by atoms with Crippen LogP contribution < -0.4 is 5.32 Å². The van der Waals surface area contributed by atoms with Gasteiger partial charge in [-0.25, -0.2) is 0 Å². The second-order valence-corrected chi connectivity index (χ2v) is 3.08. The minimum atomic E-state index is -0.398. The smallest absolute Gasteiger partial charge is 0.220 e. The van der Waals surface area contributed by atoms with Crippen LogP contribution in [0, 0.1) is 0 Å². The molecule has 0 aromatic rings. The minimum Gasteiger partial charge on any atom is -0.393 e. The summed E-state index contributed by atoms with van der Waals surface area (Å²) in [5.41, 5.74) is 0. The number of ether oxygens (including phenoxy) is 1. The lowest BCUT2D eigenvalue weighted by atomic mass is 10.2. The van der Waals surface area contributed by atoms with Crippen molar-refractivity contribution in [3.8, 4) is 0 Å². The lowest BCUT2D eigenvalue weighted by Gasteiger charge is -2.05. The quantitative estimate of drug-likeness (QED) is 0.566. The number of carbonyl (C=O) groups excluding carboxylic acids is 1. The largest absolute Gasteiger partial charge is 0.393 e. The molecule has 4 heteroatoms. The van der Waals surface area contributed by atoms with Crippen molar-refractivity contribution in [2.24, 2.45) is 0 Å². The van der Waals surface area contributed by atoms with E-state index in [2.05, 4.69) is 5.32 Å². The molecule has 0 radical (unpaired) electrons. The molecular weight excluding hydrogens is 170 g/mol. The van der Waals surface area contributed by atoms with Crippen LogP contribution in [0.2, 0.25) is 0 Å². The first-order valence-electron chi connectivity index (χ1n) is 4.60. The molecular formula is C9H19NO3. The minimum absolute atomic E-state index is 0.00277. The molecule has 0 fully saturated rings. The highest BCUT2D eigenvalue weighted by Crippen LogP contribution is 1.94. The summed E-state index contributed by atoms with van der Waals surface area (Å²) in [5.74, 6) is -0.00277. The van der Waals surface area contributed by atoms with Crippen LogP contribution in [0.25, 0.3) is 0 Å². The molecule has 0 aliphatic rings. The zero-order chi connectivity index (χ0) is 10.1. The van der Waals surface area contributed by atoms with Crippen LogP contribution in [0.1, 0.15) is 26.2 Å². The van der Waals surface area contributed by atoms with Gasteiger partial charge < -0.3 is 15.2 Å². The third kappa shape index (κ3) is 9.30. The van der Waals surface area contributed by atoms with Crippen LogP contribution in [0.5, 0.6) is 0 Å². The molecule has 2 N–H and O–H groups in total. The Balaban J connectivity index is 3.20. The highest BCUT2D eigenvalue weighted by Gasteiger charge is 2.02. The number of aliphatic hydroxyl groups excluding tert-OH is 1. The zero-order valence-electron chi connectivity index (χ0n) is 8.38. The lowest BCUT2D eigenvalue weighted by Crippen LogP contribution is -2.25. The second kappa shape index (κ2) is 8.01. The van der Waals surface area contributed by atoms with Crippen molar-refractivity contribution in [3.63, 3.8) is 0 Å². The van der Waals surface area contributed by atoms with E-state index in [1.54, 1.807) is 14.0 Å². The van der Waals surface area contributed by atoms with Gasteiger partial charge in [0.15, 0.2) is 0 Å². The number of amides is 1. The predicted octanol–water partition coefficient (Wildman–Crippen LogP) is 0.300. The van der Waals surface area contributed by atoms with Crippen molar-refractivity contribution in [2.45, 2.75) is 32.3 Å². The molecule has 0 saturated carbocycles. The molecule has 0 aromatic carbocycles. The Bertz CT molecular complexity index is 137. The van der Waals surface area contributed by atoms with E-state index in [-0.39, 0.29) is 5.91 Å². The summed E-state index contributed by atoms with van der Waals surface area (Å²) < 4.78 is 4.83. The number of methoxy groups -OCH3 is 1. The van der Waals surface area contributed by atoms with Crippen molar-refractivity contribution in [3.05, 3.63) is 0 Å². The summed E-state index contributed by atoms with van der Waals surface area (Å²) in [6.45, 7) is 2.99. The summed E-state index contributed by atoms with van der Waals surface area (Å²) in [4.78, 5) is 11.0. The van der Waals surface area contributed by atoms with Gasteiger partial charge in [-0.3, -0.25) is 4.79 Å². The van der Waals surface area contributed by atoms with E-state index in [1.807, 2.05) is 0 Å². The van der Waals surface area contributed by atoms with Gasteiger partial charge in [0.2, 0.25) is 5.91 Å². The Kier molecular flexibility index (Phi) is 7.63. The SMILES string of the molecule is COCCCNC(=O)CCC(C)O. The fourth-order valence-corrected chi connectivity index (χ4v) is 0.873. The molecule has 4 nitrogen and oxygen atoms in total. The van der Waals surface area contributed by atoms with Crippen LogP contribution in [-0.4, -0.2) is 37.4 Å². The lowest BCUT2D eigenvalue weighted by molar-refractivity contribution is -0.121. The maximum absolute atomic E-state index is 11.0. The third-order valence-corrected chi connectivity index (χ3v) is 1.64. The number of rotatable bonds is 7. The third-order valence-electron chi connectivity index (χ3n) is 1.64. The van der Waals surface area contributed by atoms with Crippen LogP contribution in [0.15, 0.2) is 0 Å². The van der Waals surface area contributed by atoms with Crippen LogP contribution in [0.3, 0.4) is 0 Å². The van der Waals surface area contributed by atoms with Gasteiger partial charge in [-0.15, -0.1) is 0 Å². The van der Waals surface area contributed by atoms with Crippen molar-refractivity contribution in [1.29, 1.82) is 0 Å². The Morgan fingerprint density at radius 2 is 2.31 bits per heavy atom. The second-order valence-electron chi connectivity index (χ2n) is 3.08. The summed E-state index contributed by atoms with van der Waals surface area (Å²) in [6, 6.07) is 0. The van der Waals surface area contributed by atoms with Crippen molar-refractivity contribution < 1.29 is 14.6 Å². The predicted molar refractivity (Wildman–Crippen MR) is 50.4 cm³/mol. The monoisotopic (exact) mass is 189 g/mol. The molecule has 0 aromatic heterocycles. The van der Waals surface area contributed by atoms with E-state index in [1.165, 1.54) is 0 Å². The Hall–Kier alpha value is -0.610. The van der Waals surface area contributed by atoms with Gasteiger partial charge >= 0.3 is 0 Å². The number of hydrogen-bond acceptors (Lipinski definition) is 3. The van der Waals surface area contributed by atoms with Gasteiger partial charge in [-0.05, 0) is 19.8 Å². The number of hydrogen-bond donors (Lipinski definition) is 2. The number of nitrogens with one attached hydrogen (secondary N) is 1. The standard InChI is InChI=1S/C9H19NO3/c1-8(11)4-5-9(12)10-6-3-7-13-2/h8,11H,3-7H2,1-2H3,(H,10,12). The van der Waals surface area contributed by atoms with Gasteiger partial charge in [0, 0.05) is 26.7 Å². The first-order valence-corrected chi connectivity index (χ1v) is 4.60. The summed E-state index contributed by atoms with van der Waals surface area (Å²) in [5, 5.41) is 11.7. The highest BCUT2D eigenvalue weighted by atomic mass is 16.5. The summed E-state index contributed by atoms with van der Waals surface area (Å²) in [7, 11) is 1.63. The molecule has 1 amide bonds. The van der Waals surface area contributed by atoms with Crippen LogP contribution >= 0.6 is 0 Å². The molecule has 0 spiro atoms. The van der Waals surface area contributed by atoms with E-state index >= 15 is 0 Å². The van der Waals surface area contributed by atoms with E-state index in [9.17, 15) is 4.79 Å². The topological polar surface area (TPSA) is 58.6 Å². The Labute approximate surface area is 79.3 Å². The van der Waals surface area contributed by atoms with Gasteiger partial charge in [0.1, 0.15) is 0 Å². The molecule has 0 saturated heterocycles. The van der Waals surface area contributed by atoms with Crippen LogP contribution in [0.4, 0.5) is 0 Å². The maximum Gasteiger partial charge on any atom is 0.220 e. The van der Waals surface area contributed by atoms with E-state index in [4.69, 9.17) is 9.84 Å². The first kappa shape index (κ1) is 12.4. The van der Waals surface area contributed by atoms with Crippen molar-refractivity contribution in [1.82, 2.24) is 5.32 Å². The maximum atomic E-state index is 11.0. The van der Waals surface area contributed by atoms with Crippen LogP contribution in [-0.2, 0) is 9.53 Å². The average Bonchev–Trinajstić information content (AvgIpc) is 2.09. The van der Waals surface area contributed by atoms with E-state index in [0.29, 0.717) is 26.0 Å². The summed E-state index contributed by atoms with van der Waals surface area (Å²) in [6.07, 6.45) is 1.35. The molecule has 0 aliphatic heterocycles. The molecule has 0 aliphatic carbocycles.